The smallest absolute Gasteiger partial charge is 0.306 e. The van der Waals surface area contributed by atoms with Gasteiger partial charge in [0, 0.05) is 6.54 Å². The summed E-state index contributed by atoms with van der Waals surface area (Å²) < 4.78 is 0. The molecule has 1 fully saturated rings. The number of hydrogen-bond acceptors (Lipinski definition) is 2. The van der Waals surface area contributed by atoms with Crippen molar-refractivity contribution < 1.29 is 9.90 Å². The maximum atomic E-state index is 10.6. The summed E-state index contributed by atoms with van der Waals surface area (Å²) >= 11 is 0. The third-order valence-corrected chi connectivity index (χ3v) is 3.11. The summed E-state index contributed by atoms with van der Waals surface area (Å²) in [4.78, 5) is 12.9. The number of nitrogens with zero attached hydrogens (tertiary/aromatic N) is 1. The molecule has 1 rings (SSSR count). The Bertz CT molecular complexity index is 216. The van der Waals surface area contributed by atoms with E-state index in [0.717, 1.165) is 25.4 Å². The fourth-order valence-corrected chi connectivity index (χ4v) is 2.01. The van der Waals surface area contributed by atoms with Crippen LogP contribution in [0.3, 0.4) is 0 Å². The normalized spacial score (nSPS) is 24.9. The molecule has 2 unspecified atom stereocenters. The second-order valence-electron chi connectivity index (χ2n) is 5.24. The van der Waals surface area contributed by atoms with Crippen molar-refractivity contribution >= 4 is 5.97 Å². The lowest BCUT2D eigenvalue weighted by Gasteiger charge is -2.16. The number of aliphatic carboxylic acids is 1. The first kappa shape index (κ1) is 12.5. The SMILES string of the molecule is CC(C)CCCN(C)CC1CC1C(=O)O. The van der Waals surface area contributed by atoms with Gasteiger partial charge in [-0.05, 0) is 44.7 Å². The van der Waals surface area contributed by atoms with Gasteiger partial charge in [0.15, 0.2) is 0 Å². The maximum Gasteiger partial charge on any atom is 0.306 e. The zero-order chi connectivity index (χ0) is 11.4. The summed E-state index contributed by atoms with van der Waals surface area (Å²) in [6.07, 6.45) is 3.36. The summed E-state index contributed by atoms with van der Waals surface area (Å²) in [6, 6.07) is 0. The molecule has 0 heterocycles. The van der Waals surface area contributed by atoms with Crippen molar-refractivity contribution in [1.82, 2.24) is 4.90 Å². The summed E-state index contributed by atoms with van der Waals surface area (Å²) in [5, 5.41) is 8.77. The molecule has 88 valence electrons. The minimum Gasteiger partial charge on any atom is -0.481 e. The first-order valence-electron chi connectivity index (χ1n) is 5.92. The maximum absolute atomic E-state index is 10.6. The van der Waals surface area contributed by atoms with Gasteiger partial charge in [-0.2, -0.15) is 0 Å². The van der Waals surface area contributed by atoms with Gasteiger partial charge < -0.3 is 10.0 Å². The molecule has 3 nitrogen and oxygen atoms in total. The molecule has 0 amide bonds. The highest BCUT2D eigenvalue weighted by Crippen LogP contribution is 2.38. The van der Waals surface area contributed by atoms with Crippen LogP contribution in [0.2, 0.25) is 0 Å². The highest BCUT2D eigenvalue weighted by atomic mass is 16.4. The Morgan fingerprint density at radius 3 is 2.67 bits per heavy atom. The lowest BCUT2D eigenvalue weighted by molar-refractivity contribution is -0.138. The Kier molecular flexibility index (Phi) is 4.58. The predicted octanol–water partition coefficient (Wildman–Crippen LogP) is 2.08. The van der Waals surface area contributed by atoms with Crippen LogP contribution >= 0.6 is 0 Å². The highest BCUT2D eigenvalue weighted by molar-refractivity contribution is 5.73. The molecule has 1 aliphatic rings. The average molecular weight is 213 g/mol. The van der Waals surface area contributed by atoms with Crippen molar-refractivity contribution in [2.75, 3.05) is 20.1 Å². The third-order valence-electron chi connectivity index (χ3n) is 3.11. The molecular formula is C12H23NO2. The number of hydrogen-bond donors (Lipinski definition) is 1. The number of carbonyl (C=O) groups is 1. The van der Waals surface area contributed by atoms with Gasteiger partial charge >= 0.3 is 5.97 Å². The number of rotatable bonds is 7. The molecule has 0 saturated heterocycles. The van der Waals surface area contributed by atoms with E-state index < -0.39 is 5.97 Å². The molecule has 1 N–H and O–H groups in total. The van der Waals surface area contributed by atoms with Crippen molar-refractivity contribution in [1.29, 1.82) is 0 Å². The van der Waals surface area contributed by atoms with E-state index in [9.17, 15) is 4.79 Å². The lowest BCUT2D eigenvalue weighted by atomic mass is 10.1. The molecule has 1 aliphatic carbocycles. The van der Waals surface area contributed by atoms with Crippen LogP contribution in [0.1, 0.15) is 33.1 Å². The average Bonchev–Trinajstić information content (AvgIpc) is 2.82. The van der Waals surface area contributed by atoms with Gasteiger partial charge in [-0.15, -0.1) is 0 Å². The standard InChI is InChI=1S/C12H23NO2/c1-9(2)5-4-6-13(3)8-10-7-11(10)12(14)15/h9-11H,4-8H2,1-3H3,(H,14,15). The van der Waals surface area contributed by atoms with E-state index in [2.05, 4.69) is 25.8 Å². The Hall–Kier alpha value is -0.570. The first-order chi connectivity index (χ1) is 7.00. The number of carboxylic acid groups (broad SMARTS) is 1. The zero-order valence-corrected chi connectivity index (χ0v) is 10.1. The van der Waals surface area contributed by atoms with Crippen LogP contribution in [0.25, 0.3) is 0 Å². The van der Waals surface area contributed by atoms with E-state index in [1.165, 1.54) is 12.8 Å². The van der Waals surface area contributed by atoms with E-state index in [-0.39, 0.29) is 5.92 Å². The molecule has 0 spiro atoms. The van der Waals surface area contributed by atoms with Crippen LogP contribution in [0.15, 0.2) is 0 Å². The molecule has 0 aromatic heterocycles. The Balaban J connectivity index is 2.05. The van der Waals surface area contributed by atoms with Crippen molar-refractivity contribution in [2.45, 2.75) is 33.1 Å². The van der Waals surface area contributed by atoms with Gasteiger partial charge in [-0.1, -0.05) is 13.8 Å². The fourth-order valence-electron chi connectivity index (χ4n) is 2.01. The van der Waals surface area contributed by atoms with Gasteiger partial charge in [0.05, 0.1) is 5.92 Å². The zero-order valence-electron chi connectivity index (χ0n) is 10.1. The molecule has 0 radical (unpaired) electrons. The minimum absolute atomic E-state index is 0.0578. The van der Waals surface area contributed by atoms with Crippen LogP contribution in [-0.4, -0.2) is 36.1 Å². The third kappa shape index (κ3) is 4.65. The van der Waals surface area contributed by atoms with Crippen molar-refractivity contribution in [2.24, 2.45) is 17.8 Å². The second kappa shape index (κ2) is 5.50. The number of carboxylic acids is 1. The molecule has 0 aromatic rings. The van der Waals surface area contributed by atoms with Crippen LogP contribution in [-0.2, 0) is 4.79 Å². The predicted molar refractivity (Wildman–Crippen MR) is 60.8 cm³/mol. The van der Waals surface area contributed by atoms with Crippen molar-refractivity contribution in [3.8, 4) is 0 Å². The van der Waals surface area contributed by atoms with Crippen LogP contribution in [0, 0.1) is 17.8 Å². The molecular weight excluding hydrogens is 190 g/mol. The minimum atomic E-state index is -0.615. The monoisotopic (exact) mass is 213 g/mol. The van der Waals surface area contributed by atoms with Crippen LogP contribution in [0.5, 0.6) is 0 Å². The van der Waals surface area contributed by atoms with E-state index in [1.807, 2.05) is 0 Å². The molecule has 0 bridgehead atoms. The molecule has 2 atom stereocenters. The Labute approximate surface area is 92.5 Å². The molecule has 15 heavy (non-hydrogen) atoms. The summed E-state index contributed by atoms with van der Waals surface area (Å²) in [5.41, 5.74) is 0. The van der Waals surface area contributed by atoms with E-state index in [4.69, 9.17) is 5.11 Å². The van der Waals surface area contributed by atoms with Gasteiger partial charge in [0.1, 0.15) is 0 Å². The van der Waals surface area contributed by atoms with Gasteiger partial charge in [-0.3, -0.25) is 4.79 Å². The van der Waals surface area contributed by atoms with Crippen LogP contribution in [0.4, 0.5) is 0 Å². The summed E-state index contributed by atoms with van der Waals surface area (Å²) in [6.45, 7) is 6.53. The van der Waals surface area contributed by atoms with Gasteiger partial charge in [0.25, 0.3) is 0 Å². The highest BCUT2D eigenvalue weighted by Gasteiger charge is 2.43. The molecule has 0 aliphatic heterocycles. The van der Waals surface area contributed by atoms with Crippen molar-refractivity contribution in [3.63, 3.8) is 0 Å². The molecule has 3 heteroatoms. The fraction of sp³-hybridized carbons (Fsp3) is 0.917. The Morgan fingerprint density at radius 2 is 2.20 bits per heavy atom. The Morgan fingerprint density at radius 1 is 1.53 bits per heavy atom. The summed E-state index contributed by atoms with van der Waals surface area (Å²) in [5.74, 6) is 0.505. The van der Waals surface area contributed by atoms with Gasteiger partial charge in [0.2, 0.25) is 0 Å². The first-order valence-corrected chi connectivity index (χ1v) is 5.92. The van der Waals surface area contributed by atoms with E-state index in [1.54, 1.807) is 0 Å². The van der Waals surface area contributed by atoms with Crippen molar-refractivity contribution in [3.05, 3.63) is 0 Å². The topological polar surface area (TPSA) is 40.5 Å². The molecule has 1 saturated carbocycles. The van der Waals surface area contributed by atoms with E-state index in [0.29, 0.717) is 5.92 Å². The van der Waals surface area contributed by atoms with E-state index >= 15 is 0 Å². The molecule has 0 aromatic carbocycles. The quantitative estimate of drug-likeness (QED) is 0.704. The van der Waals surface area contributed by atoms with Gasteiger partial charge in [-0.25, -0.2) is 0 Å². The second-order valence-corrected chi connectivity index (χ2v) is 5.24. The largest absolute Gasteiger partial charge is 0.481 e. The van der Waals surface area contributed by atoms with Crippen LogP contribution < -0.4 is 0 Å². The lowest BCUT2D eigenvalue weighted by Crippen LogP contribution is -2.23. The summed E-state index contributed by atoms with van der Waals surface area (Å²) in [7, 11) is 2.09.